The maximum Gasteiger partial charge on any atom is 0.220 e. The van der Waals surface area contributed by atoms with Gasteiger partial charge in [0.1, 0.15) is 0 Å². The Bertz CT molecular complexity index is 227. The molecule has 1 rings (SSSR count). The summed E-state index contributed by atoms with van der Waals surface area (Å²) >= 11 is 0. The minimum atomic E-state index is 0.256. The van der Waals surface area contributed by atoms with Crippen LogP contribution < -0.4 is 5.32 Å². The zero-order valence-electron chi connectivity index (χ0n) is 12.0. The summed E-state index contributed by atoms with van der Waals surface area (Å²) in [5.74, 6) is 2.55. The van der Waals surface area contributed by atoms with Crippen LogP contribution in [-0.2, 0) is 4.79 Å². The average molecular weight is 239 g/mol. The van der Waals surface area contributed by atoms with E-state index in [9.17, 15) is 4.79 Å². The SMILES string of the molecule is CC(C)CCC(=O)N[C@H]1CC[C@H](C(C)C)CC1. The molecule has 0 aliphatic heterocycles. The predicted octanol–water partition coefficient (Wildman–Crippen LogP) is 3.75. The molecule has 0 aromatic rings. The second kappa shape index (κ2) is 7.03. The third kappa shape index (κ3) is 5.56. The lowest BCUT2D eigenvalue weighted by molar-refractivity contribution is -0.122. The van der Waals surface area contributed by atoms with E-state index in [1.807, 2.05) is 0 Å². The van der Waals surface area contributed by atoms with Crippen molar-refractivity contribution in [3.05, 3.63) is 0 Å². The lowest BCUT2D eigenvalue weighted by Gasteiger charge is -2.31. The van der Waals surface area contributed by atoms with Gasteiger partial charge in [0.25, 0.3) is 0 Å². The molecule has 0 spiro atoms. The molecule has 1 N–H and O–H groups in total. The van der Waals surface area contributed by atoms with E-state index in [-0.39, 0.29) is 5.91 Å². The Kier molecular flexibility index (Phi) is 6.01. The minimum Gasteiger partial charge on any atom is -0.353 e. The molecule has 2 nitrogen and oxygen atoms in total. The van der Waals surface area contributed by atoms with Gasteiger partial charge in [0.15, 0.2) is 0 Å². The standard InChI is InChI=1S/C15H29NO/c1-11(2)5-10-15(17)16-14-8-6-13(7-9-14)12(3)4/h11-14H,5-10H2,1-4H3,(H,16,17)/t13-,14-. The molecule has 2 heteroatoms. The summed E-state index contributed by atoms with van der Waals surface area (Å²) in [6, 6.07) is 0.449. The average Bonchev–Trinajstić information content (AvgIpc) is 2.27. The fraction of sp³-hybridized carbons (Fsp3) is 0.933. The van der Waals surface area contributed by atoms with Crippen molar-refractivity contribution in [2.75, 3.05) is 0 Å². The van der Waals surface area contributed by atoms with Crippen LogP contribution >= 0.6 is 0 Å². The first-order valence-corrected chi connectivity index (χ1v) is 7.28. The fourth-order valence-electron chi connectivity index (χ4n) is 2.65. The monoisotopic (exact) mass is 239 g/mol. The fourth-order valence-corrected chi connectivity index (χ4v) is 2.65. The van der Waals surface area contributed by atoms with Crippen LogP contribution in [0.5, 0.6) is 0 Å². The highest BCUT2D eigenvalue weighted by molar-refractivity contribution is 5.76. The van der Waals surface area contributed by atoms with Gasteiger partial charge in [-0.15, -0.1) is 0 Å². The topological polar surface area (TPSA) is 29.1 Å². The van der Waals surface area contributed by atoms with Crippen LogP contribution in [0.2, 0.25) is 0 Å². The zero-order valence-corrected chi connectivity index (χ0v) is 12.0. The van der Waals surface area contributed by atoms with Crippen LogP contribution in [0.25, 0.3) is 0 Å². The predicted molar refractivity (Wildman–Crippen MR) is 72.8 cm³/mol. The summed E-state index contributed by atoms with van der Waals surface area (Å²) in [6.07, 6.45) is 6.63. The molecule has 0 atom stereocenters. The van der Waals surface area contributed by atoms with Gasteiger partial charge in [-0.2, -0.15) is 0 Å². The van der Waals surface area contributed by atoms with Crippen molar-refractivity contribution in [3.63, 3.8) is 0 Å². The molecule has 1 fully saturated rings. The van der Waals surface area contributed by atoms with Gasteiger partial charge in [0.2, 0.25) is 5.91 Å². The lowest BCUT2D eigenvalue weighted by atomic mass is 9.79. The van der Waals surface area contributed by atoms with Gasteiger partial charge in [-0.3, -0.25) is 4.79 Å². The second-order valence-corrected chi connectivity index (χ2v) is 6.36. The van der Waals surface area contributed by atoms with Crippen molar-refractivity contribution in [1.29, 1.82) is 0 Å². The third-order valence-electron chi connectivity index (χ3n) is 4.03. The van der Waals surface area contributed by atoms with Crippen molar-refractivity contribution >= 4 is 5.91 Å². The maximum atomic E-state index is 11.7. The number of carbonyl (C=O) groups excluding carboxylic acids is 1. The molecule has 0 heterocycles. The van der Waals surface area contributed by atoms with Gasteiger partial charge in [0, 0.05) is 12.5 Å². The van der Waals surface area contributed by atoms with E-state index in [1.54, 1.807) is 0 Å². The largest absolute Gasteiger partial charge is 0.353 e. The van der Waals surface area contributed by atoms with Gasteiger partial charge in [-0.05, 0) is 49.9 Å². The third-order valence-corrected chi connectivity index (χ3v) is 4.03. The van der Waals surface area contributed by atoms with E-state index in [2.05, 4.69) is 33.0 Å². The van der Waals surface area contributed by atoms with Gasteiger partial charge >= 0.3 is 0 Å². The minimum absolute atomic E-state index is 0.256. The number of amides is 1. The Labute approximate surface area is 107 Å². The molecular weight excluding hydrogens is 210 g/mol. The molecule has 0 bridgehead atoms. The van der Waals surface area contributed by atoms with E-state index in [0.29, 0.717) is 18.4 Å². The first-order chi connectivity index (χ1) is 7.99. The molecule has 1 aliphatic carbocycles. The van der Waals surface area contributed by atoms with Crippen LogP contribution in [0.15, 0.2) is 0 Å². The molecule has 1 aliphatic rings. The summed E-state index contributed by atoms with van der Waals surface area (Å²) in [5.41, 5.74) is 0. The van der Waals surface area contributed by atoms with Crippen LogP contribution in [0, 0.1) is 17.8 Å². The molecule has 0 radical (unpaired) electrons. The Balaban J connectivity index is 2.19. The first-order valence-electron chi connectivity index (χ1n) is 7.28. The van der Waals surface area contributed by atoms with Crippen LogP contribution in [0.1, 0.15) is 66.2 Å². The zero-order chi connectivity index (χ0) is 12.8. The molecule has 1 amide bonds. The molecule has 1 saturated carbocycles. The van der Waals surface area contributed by atoms with Crippen molar-refractivity contribution in [2.45, 2.75) is 72.3 Å². The van der Waals surface area contributed by atoms with Crippen LogP contribution in [-0.4, -0.2) is 11.9 Å². The Morgan fingerprint density at radius 2 is 1.71 bits per heavy atom. The summed E-state index contributed by atoms with van der Waals surface area (Å²) in [4.78, 5) is 11.7. The molecule has 0 saturated heterocycles. The summed E-state index contributed by atoms with van der Waals surface area (Å²) < 4.78 is 0. The van der Waals surface area contributed by atoms with Crippen LogP contribution in [0.4, 0.5) is 0 Å². The Morgan fingerprint density at radius 1 is 1.12 bits per heavy atom. The van der Waals surface area contributed by atoms with E-state index >= 15 is 0 Å². The molecule has 100 valence electrons. The highest BCUT2D eigenvalue weighted by Gasteiger charge is 2.23. The number of hydrogen-bond acceptors (Lipinski definition) is 1. The van der Waals surface area contributed by atoms with Crippen molar-refractivity contribution in [3.8, 4) is 0 Å². The smallest absolute Gasteiger partial charge is 0.220 e. The maximum absolute atomic E-state index is 11.7. The number of rotatable bonds is 5. The summed E-state index contributed by atoms with van der Waals surface area (Å²) in [7, 11) is 0. The number of hydrogen-bond donors (Lipinski definition) is 1. The number of nitrogens with one attached hydrogen (secondary N) is 1. The van der Waals surface area contributed by atoms with Crippen molar-refractivity contribution < 1.29 is 4.79 Å². The van der Waals surface area contributed by atoms with Gasteiger partial charge in [-0.1, -0.05) is 27.7 Å². The van der Waals surface area contributed by atoms with E-state index in [1.165, 1.54) is 25.7 Å². The number of carbonyl (C=O) groups is 1. The molecule has 0 aromatic carbocycles. The van der Waals surface area contributed by atoms with E-state index in [4.69, 9.17) is 0 Å². The molecule has 0 unspecified atom stereocenters. The first kappa shape index (κ1) is 14.5. The van der Waals surface area contributed by atoms with Gasteiger partial charge in [0.05, 0.1) is 0 Å². The van der Waals surface area contributed by atoms with E-state index < -0.39 is 0 Å². The summed E-state index contributed by atoms with van der Waals surface area (Å²) in [6.45, 7) is 8.96. The normalized spacial score (nSPS) is 25.3. The van der Waals surface area contributed by atoms with Crippen LogP contribution in [0.3, 0.4) is 0 Å². The van der Waals surface area contributed by atoms with E-state index in [0.717, 1.165) is 18.3 Å². The molecule has 17 heavy (non-hydrogen) atoms. The quantitative estimate of drug-likeness (QED) is 0.777. The highest BCUT2D eigenvalue weighted by Crippen LogP contribution is 2.29. The Hall–Kier alpha value is -0.530. The van der Waals surface area contributed by atoms with Gasteiger partial charge < -0.3 is 5.32 Å². The van der Waals surface area contributed by atoms with Crippen molar-refractivity contribution in [2.24, 2.45) is 17.8 Å². The summed E-state index contributed by atoms with van der Waals surface area (Å²) in [5, 5.41) is 3.19. The lowest BCUT2D eigenvalue weighted by Crippen LogP contribution is -2.38. The molecular formula is C15H29NO. The molecule has 0 aromatic heterocycles. The van der Waals surface area contributed by atoms with Gasteiger partial charge in [-0.25, -0.2) is 0 Å². The second-order valence-electron chi connectivity index (χ2n) is 6.36. The van der Waals surface area contributed by atoms with Crippen molar-refractivity contribution in [1.82, 2.24) is 5.32 Å². The highest BCUT2D eigenvalue weighted by atomic mass is 16.1. The Morgan fingerprint density at radius 3 is 2.18 bits per heavy atom.